The molecule has 1 rings (SSSR count). The first-order chi connectivity index (χ1) is 7.36. The first-order valence-electron chi connectivity index (χ1n) is 5.44. The highest BCUT2D eigenvalue weighted by Gasteiger charge is 1.93. The minimum Gasteiger partial charge on any atom is -0.494 e. The number of hydrogen-bond acceptors (Lipinski definition) is 2. The summed E-state index contributed by atoms with van der Waals surface area (Å²) in [5, 5.41) is 0. The molecule has 0 bridgehead atoms. The second kappa shape index (κ2) is 12.7. The van der Waals surface area contributed by atoms with E-state index >= 15 is 0 Å². The van der Waals surface area contributed by atoms with Crippen LogP contribution in [0.3, 0.4) is 0 Å². The quantitative estimate of drug-likeness (QED) is 0.705. The Labute approximate surface area is 94.0 Å². The largest absolute Gasteiger partial charge is 0.494 e. The van der Waals surface area contributed by atoms with Gasteiger partial charge in [-0.05, 0) is 19.4 Å². The van der Waals surface area contributed by atoms with Crippen LogP contribution in [0.2, 0.25) is 0 Å². The van der Waals surface area contributed by atoms with Crippen LogP contribution in [0.4, 0.5) is 0 Å². The van der Waals surface area contributed by atoms with Gasteiger partial charge in [0.15, 0.2) is 0 Å². The van der Waals surface area contributed by atoms with Crippen molar-refractivity contribution in [3.05, 3.63) is 37.2 Å². The van der Waals surface area contributed by atoms with Crippen molar-refractivity contribution in [2.24, 2.45) is 0 Å². The van der Waals surface area contributed by atoms with Gasteiger partial charge in [0.1, 0.15) is 5.75 Å². The second-order valence-electron chi connectivity index (χ2n) is 2.27. The van der Waals surface area contributed by atoms with Crippen molar-refractivity contribution in [1.29, 1.82) is 0 Å². The highest BCUT2D eigenvalue weighted by atomic mass is 16.5. The van der Waals surface area contributed by atoms with E-state index in [1.54, 1.807) is 6.20 Å². The fraction of sp³-hybridized carbons (Fsp3) is 0.462. The van der Waals surface area contributed by atoms with Crippen LogP contribution in [0, 0.1) is 0 Å². The number of rotatable bonds is 3. The molecule has 1 heterocycles. The molecule has 0 unspecified atom stereocenters. The smallest absolute Gasteiger partial charge is 0.122 e. The molecule has 0 N–H and O–H groups in total. The van der Waals surface area contributed by atoms with E-state index < -0.39 is 0 Å². The Morgan fingerprint density at radius 1 is 1.27 bits per heavy atom. The molecule has 0 spiro atoms. The predicted molar refractivity (Wildman–Crippen MR) is 67.4 cm³/mol. The number of hydrogen-bond donors (Lipinski definition) is 0. The molecule has 0 saturated heterocycles. The van der Waals surface area contributed by atoms with Gasteiger partial charge in [0.2, 0.25) is 0 Å². The molecule has 0 aromatic carbocycles. The lowest BCUT2D eigenvalue weighted by atomic mass is 10.3. The van der Waals surface area contributed by atoms with Crippen LogP contribution in [0.25, 0.3) is 0 Å². The molecule has 0 aliphatic rings. The van der Waals surface area contributed by atoms with Gasteiger partial charge in [0.05, 0.1) is 6.61 Å². The number of ether oxygens (including phenoxy) is 1. The molecule has 86 valence electrons. The van der Waals surface area contributed by atoms with Crippen molar-refractivity contribution in [2.45, 2.75) is 34.1 Å². The zero-order chi connectivity index (χ0) is 12.1. The number of pyridine rings is 1. The van der Waals surface area contributed by atoms with E-state index in [1.807, 2.05) is 32.9 Å². The molecule has 0 aliphatic heterocycles. The summed E-state index contributed by atoms with van der Waals surface area (Å²) in [4.78, 5) is 4.16. The summed E-state index contributed by atoms with van der Waals surface area (Å²) in [5.41, 5.74) is 1.08. The first kappa shape index (κ1) is 16.1. The minimum absolute atomic E-state index is 0.715. The Bertz CT molecular complexity index is 236. The maximum Gasteiger partial charge on any atom is 0.122 e. The van der Waals surface area contributed by atoms with Crippen LogP contribution in [-0.2, 0) is 6.42 Å². The number of nitrogens with zero attached hydrogens (tertiary/aromatic N) is 1. The molecule has 0 atom stereocenters. The van der Waals surface area contributed by atoms with E-state index in [0.29, 0.717) is 6.61 Å². The third kappa shape index (κ3) is 7.74. The maximum absolute atomic E-state index is 5.31. The summed E-state index contributed by atoms with van der Waals surface area (Å²) in [6, 6.07) is 3.85. The lowest BCUT2D eigenvalue weighted by molar-refractivity contribution is 0.339. The molecule has 2 heteroatoms. The highest BCUT2D eigenvalue weighted by Crippen LogP contribution is 2.10. The number of aromatic nitrogens is 1. The SMILES string of the molecule is C=C.CC.CCOc1ccnc(CC)c1. The molecule has 0 amide bonds. The van der Waals surface area contributed by atoms with Crippen molar-refractivity contribution in [2.75, 3.05) is 6.61 Å². The summed E-state index contributed by atoms with van der Waals surface area (Å²) < 4.78 is 5.31. The summed E-state index contributed by atoms with van der Waals surface area (Å²) in [6.45, 7) is 14.8. The van der Waals surface area contributed by atoms with Gasteiger partial charge in [-0.1, -0.05) is 20.8 Å². The van der Waals surface area contributed by atoms with Gasteiger partial charge in [-0.25, -0.2) is 0 Å². The third-order valence-corrected chi connectivity index (χ3v) is 1.46. The highest BCUT2D eigenvalue weighted by molar-refractivity contribution is 5.22. The van der Waals surface area contributed by atoms with Crippen LogP contribution in [-0.4, -0.2) is 11.6 Å². The Kier molecular flexibility index (Phi) is 13.6. The van der Waals surface area contributed by atoms with Crippen LogP contribution >= 0.6 is 0 Å². The van der Waals surface area contributed by atoms with Gasteiger partial charge in [0, 0.05) is 18.0 Å². The first-order valence-corrected chi connectivity index (χ1v) is 5.44. The fourth-order valence-electron chi connectivity index (χ4n) is 0.906. The lowest BCUT2D eigenvalue weighted by Crippen LogP contribution is -1.93. The lowest BCUT2D eigenvalue weighted by Gasteiger charge is -2.02. The molecule has 1 aromatic heterocycles. The molecule has 2 nitrogen and oxygen atoms in total. The fourth-order valence-corrected chi connectivity index (χ4v) is 0.906. The molecule has 0 saturated carbocycles. The van der Waals surface area contributed by atoms with Crippen LogP contribution in [0.15, 0.2) is 31.5 Å². The van der Waals surface area contributed by atoms with Crippen LogP contribution in [0.5, 0.6) is 5.75 Å². The van der Waals surface area contributed by atoms with E-state index in [9.17, 15) is 0 Å². The maximum atomic E-state index is 5.31. The Balaban J connectivity index is 0. The molecule has 15 heavy (non-hydrogen) atoms. The minimum atomic E-state index is 0.715. The normalized spacial score (nSPS) is 7.73. The van der Waals surface area contributed by atoms with Crippen LogP contribution in [0.1, 0.15) is 33.4 Å². The van der Waals surface area contributed by atoms with Gasteiger partial charge in [-0.15, -0.1) is 13.2 Å². The predicted octanol–water partition coefficient (Wildman–Crippen LogP) is 3.87. The van der Waals surface area contributed by atoms with Crippen LogP contribution < -0.4 is 4.74 Å². The average Bonchev–Trinajstić information content (AvgIpc) is 2.35. The second-order valence-corrected chi connectivity index (χ2v) is 2.27. The van der Waals surface area contributed by atoms with Gasteiger partial charge < -0.3 is 4.74 Å². The van der Waals surface area contributed by atoms with E-state index in [1.165, 1.54) is 0 Å². The van der Waals surface area contributed by atoms with E-state index in [-0.39, 0.29) is 0 Å². The molecule has 0 radical (unpaired) electrons. The molecule has 0 aliphatic carbocycles. The monoisotopic (exact) mass is 209 g/mol. The van der Waals surface area contributed by atoms with Crippen molar-refractivity contribution in [3.8, 4) is 5.75 Å². The van der Waals surface area contributed by atoms with Gasteiger partial charge in [-0.3, -0.25) is 4.98 Å². The molecular formula is C13H23NO. The summed E-state index contributed by atoms with van der Waals surface area (Å²) in [5.74, 6) is 0.916. The summed E-state index contributed by atoms with van der Waals surface area (Å²) in [6.07, 6.45) is 2.74. The van der Waals surface area contributed by atoms with E-state index in [4.69, 9.17) is 4.74 Å². The Morgan fingerprint density at radius 2 is 1.87 bits per heavy atom. The van der Waals surface area contributed by atoms with Crippen molar-refractivity contribution in [3.63, 3.8) is 0 Å². The zero-order valence-corrected chi connectivity index (χ0v) is 10.4. The molecular weight excluding hydrogens is 186 g/mol. The molecule has 0 fully saturated rings. The van der Waals surface area contributed by atoms with Gasteiger partial charge >= 0.3 is 0 Å². The third-order valence-electron chi connectivity index (χ3n) is 1.46. The zero-order valence-electron chi connectivity index (χ0n) is 10.4. The van der Waals surface area contributed by atoms with Crippen molar-refractivity contribution in [1.82, 2.24) is 4.98 Å². The van der Waals surface area contributed by atoms with Gasteiger partial charge in [-0.2, -0.15) is 0 Å². The number of aryl methyl sites for hydroxylation is 1. The van der Waals surface area contributed by atoms with Crippen molar-refractivity contribution < 1.29 is 4.74 Å². The summed E-state index contributed by atoms with van der Waals surface area (Å²) >= 11 is 0. The standard InChI is InChI=1S/C9H13NO.C2H6.C2H4/c1-3-8-7-9(11-4-2)5-6-10-8;2*1-2/h5-7H,3-4H2,1-2H3;1-2H3;1-2H2. The Morgan fingerprint density at radius 3 is 2.33 bits per heavy atom. The van der Waals surface area contributed by atoms with Gasteiger partial charge in [0.25, 0.3) is 0 Å². The topological polar surface area (TPSA) is 22.1 Å². The average molecular weight is 209 g/mol. The van der Waals surface area contributed by atoms with E-state index in [2.05, 4.69) is 25.1 Å². The summed E-state index contributed by atoms with van der Waals surface area (Å²) in [7, 11) is 0. The Hall–Kier alpha value is -1.31. The molecule has 1 aromatic rings. The van der Waals surface area contributed by atoms with E-state index in [0.717, 1.165) is 17.9 Å². The van der Waals surface area contributed by atoms with Crippen molar-refractivity contribution >= 4 is 0 Å².